The molecule has 0 saturated carbocycles. The van der Waals surface area contributed by atoms with Gasteiger partial charge >= 0.3 is 0 Å². The molecule has 3 heteroatoms. The van der Waals surface area contributed by atoms with Crippen LogP contribution in [-0.4, -0.2) is 13.1 Å². The average molecular weight is 174 g/mol. The van der Waals surface area contributed by atoms with Gasteiger partial charge in [0.2, 0.25) is 0 Å². The van der Waals surface area contributed by atoms with E-state index in [1.54, 1.807) is 12.3 Å². The standard InChI is InChI=1S/C10H10N2O/c11-6-8-3-5-13-10(8)9-2-1-4-12-7-9/h2-3,5,12H,1,4,7H2. The molecule has 1 N–H and O–H groups in total. The van der Waals surface area contributed by atoms with Crippen molar-refractivity contribution in [3.05, 3.63) is 29.7 Å². The molecule has 3 nitrogen and oxygen atoms in total. The summed E-state index contributed by atoms with van der Waals surface area (Å²) in [4.78, 5) is 0. The van der Waals surface area contributed by atoms with Gasteiger partial charge < -0.3 is 9.73 Å². The summed E-state index contributed by atoms with van der Waals surface area (Å²) in [6.07, 6.45) is 4.68. The van der Waals surface area contributed by atoms with Gasteiger partial charge in [-0.15, -0.1) is 0 Å². The molecule has 1 aliphatic rings. The Labute approximate surface area is 76.7 Å². The molecule has 0 bridgehead atoms. The second kappa shape index (κ2) is 3.46. The van der Waals surface area contributed by atoms with Crippen LogP contribution in [0, 0.1) is 11.3 Å². The summed E-state index contributed by atoms with van der Waals surface area (Å²) in [5.74, 6) is 0.717. The molecule has 2 rings (SSSR count). The number of nitrogens with zero attached hydrogens (tertiary/aromatic N) is 1. The van der Waals surface area contributed by atoms with E-state index >= 15 is 0 Å². The lowest BCUT2D eigenvalue weighted by atomic mass is 10.1. The van der Waals surface area contributed by atoms with E-state index in [1.807, 2.05) is 0 Å². The van der Waals surface area contributed by atoms with Gasteiger partial charge in [-0.3, -0.25) is 0 Å². The summed E-state index contributed by atoms with van der Waals surface area (Å²) in [5.41, 5.74) is 1.71. The van der Waals surface area contributed by atoms with E-state index in [-0.39, 0.29) is 0 Å². The van der Waals surface area contributed by atoms with Gasteiger partial charge in [-0.1, -0.05) is 6.08 Å². The molecule has 0 fully saturated rings. The van der Waals surface area contributed by atoms with E-state index < -0.39 is 0 Å². The van der Waals surface area contributed by atoms with Gasteiger partial charge in [0.25, 0.3) is 0 Å². The highest BCUT2D eigenvalue weighted by atomic mass is 16.3. The second-order valence-corrected chi connectivity index (χ2v) is 2.97. The van der Waals surface area contributed by atoms with Gasteiger partial charge in [0.15, 0.2) is 0 Å². The van der Waals surface area contributed by atoms with Gasteiger partial charge in [-0.25, -0.2) is 0 Å². The first-order valence-corrected chi connectivity index (χ1v) is 4.29. The van der Waals surface area contributed by atoms with E-state index in [0.717, 1.165) is 30.8 Å². The van der Waals surface area contributed by atoms with Crippen LogP contribution in [0.4, 0.5) is 0 Å². The minimum absolute atomic E-state index is 0.620. The van der Waals surface area contributed by atoms with Gasteiger partial charge in [0, 0.05) is 12.1 Å². The first kappa shape index (κ1) is 8.09. The minimum atomic E-state index is 0.620. The van der Waals surface area contributed by atoms with Crippen molar-refractivity contribution in [1.29, 1.82) is 5.26 Å². The Morgan fingerprint density at radius 1 is 1.54 bits per heavy atom. The van der Waals surface area contributed by atoms with Crippen LogP contribution >= 0.6 is 0 Å². The summed E-state index contributed by atoms with van der Waals surface area (Å²) >= 11 is 0. The fraction of sp³-hybridized carbons (Fsp3) is 0.300. The molecule has 0 atom stereocenters. The van der Waals surface area contributed by atoms with Crippen LogP contribution in [0.3, 0.4) is 0 Å². The topological polar surface area (TPSA) is 49.0 Å². The molecule has 0 aromatic carbocycles. The van der Waals surface area contributed by atoms with Crippen LogP contribution in [0.1, 0.15) is 17.7 Å². The number of hydrogen-bond donors (Lipinski definition) is 1. The Morgan fingerprint density at radius 2 is 2.46 bits per heavy atom. The smallest absolute Gasteiger partial charge is 0.148 e. The summed E-state index contributed by atoms with van der Waals surface area (Å²) in [6.45, 7) is 1.80. The predicted octanol–water partition coefficient (Wildman–Crippen LogP) is 1.53. The maximum absolute atomic E-state index is 8.78. The van der Waals surface area contributed by atoms with Crippen LogP contribution in [0.15, 0.2) is 22.8 Å². The Bertz CT molecular complexity index is 371. The molecule has 1 aromatic heterocycles. The lowest BCUT2D eigenvalue weighted by Crippen LogP contribution is -2.21. The van der Waals surface area contributed by atoms with Crippen LogP contribution in [0.25, 0.3) is 5.57 Å². The largest absolute Gasteiger partial charge is 0.463 e. The Hall–Kier alpha value is -1.53. The third-order valence-electron chi connectivity index (χ3n) is 2.10. The zero-order valence-electron chi connectivity index (χ0n) is 7.21. The molecular formula is C10H10N2O. The van der Waals surface area contributed by atoms with Gasteiger partial charge in [0.1, 0.15) is 11.8 Å². The molecule has 1 aromatic rings. The summed E-state index contributed by atoms with van der Waals surface area (Å²) < 4.78 is 5.26. The van der Waals surface area contributed by atoms with Crippen LogP contribution in [0.2, 0.25) is 0 Å². The van der Waals surface area contributed by atoms with Crippen LogP contribution < -0.4 is 5.32 Å². The Morgan fingerprint density at radius 3 is 3.15 bits per heavy atom. The van der Waals surface area contributed by atoms with Crippen molar-refractivity contribution < 1.29 is 4.42 Å². The lowest BCUT2D eigenvalue weighted by Gasteiger charge is -2.11. The molecule has 0 radical (unpaired) electrons. The molecule has 0 saturated heterocycles. The second-order valence-electron chi connectivity index (χ2n) is 2.97. The highest BCUT2D eigenvalue weighted by Crippen LogP contribution is 2.21. The quantitative estimate of drug-likeness (QED) is 0.702. The lowest BCUT2D eigenvalue weighted by molar-refractivity contribution is 0.546. The number of furan rings is 1. The van der Waals surface area contributed by atoms with Gasteiger partial charge in [-0.2, -0.15) is 5.26 Å². The maximum Gasteiger partial charge on any atom is 0.148 e. The molecule has 1 aliphatic heterocycles. The van der Waals surface area contributed by atoms with E-state index in [0.29, 0.717) is 5.56 Å². The number of nitrogens with one attached hydrogen (secondary N) is 1. The molecule has 66 valence electrons. The fourth-order valence-corrected chi connectivity index (χ4v) is 1.46. The summed E-state index contributed by atoms with van der Waals surface area (Å²) in [6, 6.07) is 3.81. The molecule has 0 unspecified atom stereocenters. The minimum Gasteiger partial charge on any atom is -0.463 e. The van der Waals surface area contributed by atoms with Crippen molar-refractivity contribution in [1.82, 2.24) is 5.32 Å². The zero-order chi connectivity index (χ0) is 9.10. The monoisotopic (exact) mass is 174 g/mol. The Balaban J connectivity index is 2.34. The van der Waals surface area contributed by atoms with Crippen LogP contribution in [0.5, 0.6) is 0 Å². The van der Waals surface area contributed by atoms with Crippen LogP contribution in [-0.2, 0) is 0 Å². The predicted molar refractivity (Wildman–Crippen MR) is 48.9 cm³/mol. The van der Waals surface area contributed by atoms with Crippen molar-refractivity contribution in [2.75, 3.05) is 13.1 Å². The molecule has 2 heterocycles. The summed E-state index contributed by atoms with van der Waals surface area (Å²) in [5, 5.41) is 12.0. The van der Waals surface area contributed by atoms with E-state index in [4.69, 9.17) is 9.68 Å². The molecule has 13 heavy (non-hydrogen) atoms. The number of rotatable bonds is 1. The third-order valence-corrected chi connectivity index (χ3v) is 2.10. The van der Waals surface area contributed by atoms with E-state index in [1.165, 1.54) is 0 Å². The SMILES string of the molecule is N#Cc1ccoc1C1=CCCNC1. The maximum atomic E-state index is 8.78. The zero-order valence-corrected chi connectivity index (χ0v) is 7.21. The summed E-state index contributed by atoms with van der Waals surface area (Å²) in [7, 11) is 0. The van der Waals surface area contributed by atoms with E-state index in [2.05, 4.69) is 17.5 Å². The average Bonchev–Trinajstić information content (AvgIpc) is 2.67. The van der Waals surface area contributed by atoms with Crippen molar-refractivity contribution in [2.24, 2.45) is 0 Å². The normalized spacial score (nSPS) is 16.4. The molecule has 0 spiro atoms. The van der Waals surface area contributed by atoms with Gasteiger partial charge in [0.05, 0.1) is 11.8 Å². The molecular weight excluding hydrogens is 164 g/mol. The highest BCUT2D eigenvalue weighted by molar-refractivity contribution is 5.68. The molecule has 0 amide bonds. The first-order valence-electron chi connectivity index (χ1n) is 4.29. The number of hydrogen-bond acceptors (Lipinski definition) is 3. The van der Waals surface area contributed by atoms with Crippen molar-refractivity contribution in [3.8, 4) is 6.07 Å². The van der Waals surface area contributed by atoms with Crippen molar-refractivity contribution in [3.63, 3.8) is 0 Å². The van der Waals surface area contributed by atoms with Crippen molar-refractivity contribution >= 4 is 5.57 Å². The Kier molecular flexibility index (Phi) is 2.15. The van der Waals surface area contributed by atoms with Gasteiger partial charge in [-0.05, 0) is 19.0 Å². The fourth-order valence-electron chi connectivity index (χ4n) is 1.46. The molecule has 0 aliphatic carbocycles. The third kappa shape index (κ3) is 1.49. The number of nitriles is 1. The highest BCUT2D eigenvalue weighted by Gasteiger charge is 2.12. The first-order chi connectivity index (χ1) is 6.42. The van der Waals surface area contributed by atoms with Crippen molar-refractivity contribution in [2.45, 2.75) is 6.42 Å². The van der Waals surface area contributed by atoms with E-state index in [9.17, 15) is 0 Å².